The first kappa shape index (κ1) is 50.0. The van der Waals surface area contributed by atoms with Gasteiger partial charge in [-0.25, -0.2) is 24.1 Å². The second-order valence-electron chi connectivity index (χ2n) is 16.6. The lowest BCUT2D eigenvalue weighted by atomic mass is 9.92. The quantitative estimate of drug-likeness (QED) is 0.0867. The van der Waals surface area contributed by atoms with Gasteiger partial charge in [-0.3, -0.25) is 4.90 Å². The summed E-state index contributed by atoms with van der Waals surface area (Å²) in [5.74, 6) is -0.0843. The molecule has 0 spiro atoms. The summed E-state index contributed by atoms with van der Waals surface area (Å²) in [6, 6.07) is 16.7. The number of pyridine rings is 1. The number of fused-ring (bicyclic) bond motifs is 7. The number of carboxylic acids is 1. The van der Waals surface area contributed by atoms with E-state index in [1.807, 2.05) is 26.0 Å². The van der Waals surface area contributed by atoms with E-state index < -0.39 is 24.0 Å². The van der Waals surface area contributed by atoms with Gasteiger partial charge in [0.2, 0.25) is 17.9 Å². The van der Waals surface area contributed by atoms with Crippen molar-refractivity contribution in [3.05, 3.63) is 105 Å². The molecule has 19 heteroatoms. The van der Waals surface area contributed by atoms with Crippen molar-refractivity contribution < 1.29 is 52.2 Å². The molecule has 6 aromatic rings. The van der Waals surface area contributed by atoms with E-state index in [0.29, 0.717) is 127 Å². The number of aromatic nitrogens is 3. The Hall–Kier alpha value is -5.37. The average Bonchev–Trinajstić information content (AvgIpc) is 3.73. The largest absolute Gasteiger partial charge is 0.490 e. The van der Waals surface area contributed by atoms with Crippen LogP contribution in [0.1, 0.15) is 22.4 Å². The lowest BCUT2D eigenvalue weighted by Gasteiger charge is -2.35. The molecule has 3 aromatic heterocycles. The first-order valence-electron chi connectivity index (χ1n) is 22.6. The minimum Gasteiger partial charge on any atom is -0.490 e. The van der Waals surface area contributed by atoms with Gasteiger partial charge in [0.25, 0.3) is 0 Å². The summed E-state index contributed by atoms with van der Waals surface area (Å²) in [5.41, 5.74) is 4.31. The van der Waals surface area contributed by atoms with Crippen LogP contribution < -0.4 is 23.7 Å². The van der Waals surface area contributed by atoms with Crippen molar-refractivity contribution in [3.63, 3.8) is 0 Å². The number of carboxylic acid groups (broad SMARTS) is 1. The molecule has 1 N–H and O–H groups in total. The predicted octanol–water partition coefficient (Wildman–Crippen LogP) is 8.58. The van der Waals surface area contributed by atoms with Crippen LogP contribution in [-0.4, -0.2) is 141 Å². The van der Waals surface area contributed by atoms with Crippen LogP contribution in [0.15, 0.2) is 67.0 Å². The van der Waals surface area contributed by atoms with E-state index in [4.69, 9.17) is 61.1 Å². The highest BCUT2D eigenvalue weighted by molar-refractivity contribution is 7.22. The minimum absolute atomic E-state index is 0.0200. The summed E-state index contributed by atoms with van der Waals surface area (Å²) in [6.45, 7) is 10.4. The lowest BCUT2D eigenvalue weighted by molar-refractivity contribution is -0.145. The maximum Gasteiger partial charge on any atom is 0.345 e. The first-order chi connectivity index (χ1) is 33.5. The Morgan fingerprint density at radius 3 is 2.33 bits per heavy atom. The Bertz CT molecular complexity index is 2700. The second kappa shape index (κ2) is 23.5. The molecule has 9 rings (SSSR count). The molecule has 3 aromatic carbocycles. The molecule has 15 nitrogen and oxygen atoms in total. The van der Waals surface area contributed by atoms with Crippen LogP contribution in [0.25, 0.3) is 31.8 Å². The van der Waals surface area contributed by atoms with Crippen LogP contribution in [0.3, 0.4) is 0 Å². The number of carbonyl (C=O) groups is 1. The van der Waals surface area contributed by atoms with Gasteiger partial charge in [-0.2, -0.15) is 0 Å². The fourth-order valence-electron chi connectivity index (χ4n) is 8.15. The van der Waals surface area contributed by atoms with Gasteiger partial charge in [0.05, 0.1) is 54.2 Å². The van der Waals surface area contributed by atoms with Crippen LogP contribution in [0.5, 0.6) is 29.0 Å². The van der Waals surface area contributed by atoms with E-state index in [2.05, 4.69) is 31.8 Å². The van der Waals surface area contributed by atoms with Crippen LogP contribution >= 0.6 is 34.5 Å². The summed E-state index contributed by atoms with van der Waals surface area (Å²) >= 11 is 16.0. The normalized spacial score (nSPS) is 16.7. The third kappa shape index (κ3) is 12.3. The van der Waals surface area contributed by atoms with Gasteiger partial charge in [-0.05, 0) is 79.5 Å². The highest BCUT2D eigenvalue weighted by Gasteiger charge is 2.32. The molecule has 0 aliphatic carbocycles. The van der Waals surface area contributed by atoms with Crippen molar-refractivity contribution in [3.8, 4) is 50.6 Å². The molecule has 4 bridgehead atoms. The number of nitrogens with zero attached hydrogens (tertiary/aromatic N) is 5. The van der Waals surface area contributed by atoms with Gasteiger partial charge in [0, 0.05) is 68.3 Å². The predicted molar refractivity (Wildman–Crippen MR) is 261 cm³/mol. The highest BCUT2D eigenvalue weighted by Crippen LogP contribution is 2.53. The third-order valence-corrected chi connectivity index (χ3v) is 13.9. The van der Waals surface area contributed by atoms with Crippen molar-refractivity contribution in [2.24, 2.45) is 0 Å². The minimum atomic E-state index is -1.47. The first-order valence-corrected chi connectivity index (χ1v) is 24.1. The van der Waals surface area contributed by atoms with Crippen LogP contribution in [0.4, 0.5) is 4.39 Å². The Kier molecular flexibility index (Phi) is 17.0. The molecular formula is C50H54Cl2FN5O10S. The molecule has 6 heterocycles. The highest BCUT2D eigenvalue weighted by atomic mass is 35.5. The van der Waals surface area contributed by atoms with Crippen LogP contribution in [-0.2, 0) is 32.0 Å². The van der Waals surface area contributed by atoms with Crippen molar-refractivity contribution >= 4 is 50.7 Å². The maximum atomic E-state index is 14.4. The number of methoxy groups -OCH3 is 1. The van der Waals surface area contributed by atoms with E-state index in [9.17, 15) is 14.3 Å². The number of halogens is 3. The molecule has 3 aliphatic rings. The van der Waals surface area contributed by atoms with Gasteiger partial charge in [-0.1, -0.05) is 41.4 Å². The maximum absolute atomic E-state index is 14.4. The van der Waals surface area contributed by atoms with Crippen LogP contribution in [0.2, 0.25) is 10.0 Å². The van der Waals surface area contributed by atoms with Crippen molar-refractivity contribution in [1.29, 1.82) is 0 Å². The Morgan fingerprint density at radius 1 is 0.884 bits per heavy atom. The standard InChI is InChI=1S/C50H54Cl2FN5O10S/c1-30-41-31(2)45(52)46(44(30)51)67-37(26-58-16-14-57(3)15-17-58)28-65-36-12-13-38(66-27-35-6-5-7-40(56-35)64-23-22-63-21-20-62-19-18-61-4)33(24-36)25-39(50(59)60)68-48-43-42(41)47(69-49(43)55-29-54-48)32-8-10-34(53)11-9-32/h5-13,24,29,37,39H,14-23,25-28H2,1-4H3,(H,59,60)/t37-,39-/m1/s1. The number of piperazine rings is 1. The zero-order valence-corrected chi connectivity index (χ0v) is 41.1. The molecular weight excluding hydrogens is 953 g/mol. The van der Waals surface area contributed by atoms with Gasteiger partial charge in [0.1, 0.15) is 54.4 Å². The molecule has 0 saturated carbocycles. The zero-order chi connectivity index (χ0) is 48.4. The molecule has 1 saturated heterocycles. The van der Waals surface area contributed by atoms with Crippen molar-refractivity contribution in [2.75, 3.05) is 93.1 Å². The molecule has 0 unspecified atom stereocenters. The summed E-state index contributed by atoms with van der Waals surface area (Å²) in [6.07, 6.45) is -0.844. The third-order valence-electron chi connectivity index (χ3n) is 11.8. The monoisotopic (exact) mass is 1010 g/mol. The number of likely N-dealkylation sites (N-methyl/N-ethyl adjacent to an activating group) is 1. The van der Waals surface area contributed by atoms with E-state index in [1.54, 1.807) is 43.5 Å². The number of benzene rings is 3. The Labute approximate surface area is 413 Å². The fraction of sp³-hybridized carbons (Fsp3) is 0.400. The van der Waals surface area contributed by atoms with Gasteiger partial charge >= 0.3 is 5.97 Å². The topological polar surface area (TPSA) is 156 Å². The summed E-state index contributed by atoms with van der Waals surface area (Å²) < 4.78 is 62.4. The number of thiophene rings is 1. The fourth-order valence-corrected chi connectivity index (χ4v) is 9.81. The van der Waals surface area contributed by atoms with Gasteiger partial charge in [0.15, 0.2) is 5.75 Å². The van der Waals surface area contributed by atoms with E-state index in [1.165, 1.54) is 29.8 Å². The molecule has 0 amide bonds. The summed E-state index contributed by atoms with van der Waals surface area (Å²) in [4.78, 5) is 32.9. The summed E-state index contributed by atoms with van der Waals surface area (Å²) in [7, 11) is 3.72. The smallest absolute Gasteiger partial charge is 0.345 e. The number of hydrogen-bond acceptors (Lipinski definition) is 15. The Morgan fingerprint density at radius 2 is 1.61 bits per heavy atom. The average molecular weight is 1010 g/mol. The summed E-state index contributed by atoms with van der Waals surface area (Å²) in [5, 5.41) is 11.9. The molecule has 1 fully saturated rings. The van der Waals surface area contributed by atoms with Crippen molar-refractivity contribution in [2.45, 2.75) is 39.1 Å². The lowest BCUT2D eigenvalue weighted by Crippen LogP contribution is -2.49. The van der Waals surface area contributed by atoms with E-state index in [0.717, 1.165) is 26.2 Å². The molecule has 2 atom stereocenters. The second-order valence-corrected chi connectivity index (χ2v) is 18.4. The molecule has 366 valence electrons. The number of hydrogen-bond donors (Lipinski definition) is 1. The van der Waals surface area contributed by atoms with E-state index in [-0.39, 0.29) is 32.1 Å². The zero-order valence-electron chi connectivity index (χ0n) is 38.8. The van der Waals surface area contributed by atoms with E-state index >= 15 is 0 Å². The van der Waals surface area contributed by atoms with Gasteiger partial charge in [-0.15, -0.1) is 11.3 Å². The van der Waals surface area contributed by atoms with Gasteiger partial charge < -0.3 is 47.9 Å². The SMILES string of the molecule is COCCOCCOCCOc1cccc(COc2ccc3cc2C[C@H](C(=O)O)Oc2ncnc4sc(-c5ccc(F)cc5)c(c24)-c2c(C)c(Cl)c(c(Cl)c2C)O[C@H](CN2CCN(C)CC2)CO3)n1. The Balaban J connectivity index is 1.15. The number of ether oxygens (including phenoxy) is 8. The number of rotatable bonds is 17. The molecule has 3 aliphatic heterocycles. The molecule has 0 radical (unpaired) electrons. The molecule has 69 heavy (non-hydrogen) atoms. The number of aliphatic carboxylic acids is 1. The van der Waals surface area contributed by atoms with Crippen LogP contribution in [0, 0.1) is 19.7 Å². The van der Waals surface area contributed by atoms with Crippen molar-refractivity contribution in [1.82, 2.24) is 24.8 Å².